The minimum atomic E-state index is -4.57. The van der Waals surface area contributed by atoms with Crippen LogP contribution in [0.15, 0.2) is 97.1 Å². The van der Waals surface area contributed by atoms with Crippen LogP contribution in [0.5, 0.6) is 11.5 Å². The van der Waals surface area contributed by atoms with Crippen molar-refractivity contribution in [1.29, 1.82) is 0 Å². The van der Waals surface area contributed by atoms with Crippen molar-refractivity contribution in [3.8, 4) is 11.5 Å². The molecule has 0 aliphatic carbocycles. The van der Waals surface area contributed by atoms with Crippen LogP contribution in [0.25, 0.3) is 0 Å². The minimum Gasteiger partial charge on any atom is -0.505 e. The molecule has 186 valence electrons. The first-order valence-electron chi connectivity index (χ1n) is 9.27. The summed E-state index contributed by atoms with van der Waals surface area (Å²) >= 11 is 0. The summed E-state index contributed by atoms with van der Waals surface area (Å²) in [6, 6.07) is 23.0. The molecule has 35 heavy (non-hydrogen) atoms. The molecule has 0 radical (unpaired) electrons. The van der Waals surface area contributed by atoms with Gasteiger partial charge in [0.1, 0.15) is 0 Å². The number of phenolic OH excluding ortho intramolecular Hbond substituents is 2. The summed E-state index contributed by atoms with van der Waals surface area (Å²) in [6.45, 7) is 0. The van der Waals surface area contributed by atoms with Gasteiger partial charge in [0.15, 0.2) is 23.1 Å². The van der Waals surface area contributed by atoms with E-state index in [9.17, 15) is 35.1 Å². The van der Waals surface area contributed by atoms with Crippen molar-refractivity contribution in [1.82, 2.24) is 0 Å². The molecular formula is C24H18F8O2Zr. The molecule has 0 atom stereocenters. The fraction of sp³-hybridized carbons (Fsp3) is 0.0833. The summed E-state index contributed by atoms with van der Waals surface area (Å²) < 4.78 is 95.8. The number of hydrogen-bond donors (Lipinski definition) is 2. The van der Waals surface area contributed by atoms with Crippen molar-refractivity contribution in [2.75, 3.05) is 0 Å². The number of benzene rings is 2. The van der Waals surface area contributed by atoms with Gasteiger partial charge >= 0.3 is 38.6 Å². The maximum Gasteiger partial charge on any atom is 2.00 e. The first-order chi connectivity index (χ1) is 15.8. The molecule has 4 aromatic rings. The Kier molecular flexibility index (Phi) is 13.9. The van der Waals surface area contributed by atoms with Crippen LogP contribution in [-0.4, -0.2) is 10.2 Å². The Hall–Kier alpha value is -2.94. The molecule has 0 saturated heterocycles. The fourth-order valence-corrected chi connectivity index (χ4v) is 2.01. The first-order valence-corrected chi connectivity index (χ1v) is 9.27. The van der Waals surface area contributed by atoms with Gasteiger partial charge in [-0.2, -0.15) is 62.7 Å². The van der Waals surface area contributed by atoms with E-state index in [2.05, 4.69) is 0 Å². The standard InChI is InChI=1S/2C7H4F4O.2C5H5.Zr/c2*8-5-3-4(7(9,10)11)1-2-6(5)12;2*1-2-4-5-3-1;/h2*1-3,12H;2*1-5H;/q;;2*-1;+2. The zero-order valence-corrected chi connectivity index (χ0v) is 20.1. The normalized spacial score (nSPS) is 10.3. The van der Waals surface area contributed by atoms with Gasteiger partial charge in [-0.15, -0.1) is 0 Å². The Bertz CT molecular complexity index is 952. The summed E-state index contributed by atoms with van der Waals surface area (Å²) in [7, 11) is 0. The fourth-order valence-electron chi connectivity index (χ4n) is 2.01. The third-order valence-corrected chi connectivity index (χ3v) is 3.66. The molecule has 0 aliphatic rings. The van der Waals surface area contributed by atoms with Crippen molar-refractivity contribution in [3.05, 3.63) is 120 Å². The maximum atomic E-state index is 12.4. The molecule has 0 unspecified atom stereocenters. The van der Waals surface area contributed by atoms with E-state index >= 15 is 0 Å². The number of aromatic hydroxyl groups is 2. The monoisotopic (exact) mass is 580 g/mol. The van der Waals surface area contributed by atoms with Gasteiger partial charge in [-0.25, -0.2) is 33.0 Å². The zero-order chi connectivity index (χ0) is 25.8. The SMILES string of the molecule is Oc1ccc(C(F)(F)F)cc1F.Oc1ccc(C(F)(F)F)cc1F.[Zr+2].c1cc[cH-]c1.c1cc[cH-]c1. The van der Waals surface area contributed by atoms with Crippen LogP contribution in [0.3, 0.4) is 0 Å². The summed E-state index contributed by atoms with van der Waals surface area (Å²) in [4.78, 5) is 0. The van der Waals surface area contributed by atoms with E-state index in [1.807, 2.05) is 60.7 Å². The van der Waals surface area contributed by atoms with Gasteiger partial charge in [0.25, 0.3) is 0 Å². The van der Waals surface area contributed by atoms with E-state index < -0.39 is 46.6 Å². The van der Waals surface area contributed by atoms with E-state index in [1.165, 1.54) is 0 Å². The average molecular weight is 582 g/mol. The molecule has 11 heteroatoms. The van der Waals surface area contributed by atoms with Crippen LogP contribution >= 0.6 is 0 Å². The van der Waals surface area contributed by atoms with Crippen molar-refractivity contribution < 1.29 is 71.5 Å². The van der Waals surface area contributed by atoms with Gasteiger partial charge in [0.2, 0.25) is 0 Å². The minimum absolute atomic E-state index is 0. The molecule has 0 heterocycles. The topological polar surface area (TPSA) is 40.5 Å². The van der Waals surface area contributed by atoms with Crippen molar-refractivity contribution >= 4 is 0 Å². The third kappa shape index (κ3) is 12.9. The summed E-state index contributed by atoms with van der Waals surface area (Å²) in [6.07, 6.45) is -9.15. The Balaban J connectivity index is 0.000000468. The van der Waals surface area contributed by atoms with E-state index in [-0.39, 0.29) is 38.3 Å². The van der Waals surface area contributed by atoms with Gasteiger partial charge in [0.05, 0.1) is 11.1 Å². The second-order valence-corrected chi connectivity index (χ2v) is 6.25. The predicted molar refractivity (Wildman–Crippen MR) is 110 cm³/mol. The Morgan fingerprint density at radius 2 is 0.829 bits per heavy atom. The third-order valence-electron chi connectivity index (χ3n) is 3.66. The predicted octanol–water partition coefficient (Wildman–Crippen LogP) is 7.91. The van der Waals surface area contributed by atoms with Crippen LogP contribution in [0.1, 0.15) is 11.1 Å². The molecule has 2 nitrogen and oxygen atoms in total. The van der Waals surface area contributed by atoms with Gasteiger partial charge < -0.3 is 10.2 Å². The second-order valence-electron chi connectivity index (χ2n) is 6.25. The van der Waals surface area contributed by atoms with Gasteiger partial charge in [-0.05, 0) is 36.4 Å². The molecular weight excluding hydrogens is 563 g/mol. The smallest absolute Gasteiger partial charge is 0.505 e. The molecule has 0 fully saturated rings. The molecule has 4 rings (SSSR count). The van der Waals surface area contributed by atoms with Crippen molar-refractivity contribution in [2.24, 2.45) is 0 Å². The molecule has 0 amide bonds. The average Bonchev–Trinajstić information content (AvgIpc) is 3.50. The van der Waals surface area contributed by atoms with Crippen LogP contribution in [0, 0.1) is 11.6 Å². The molecule has 0 bridgehead atoms. The molecule has 0 saturated carbocycles. The van der Waals surface area contributed by atoms with Crippen LogP contribution in [0.2, 0.25) is 0 Å². The number of rotatable bonds is 0. The summed E-state index contributed by atoms with van der Waals surface area (Å²) in [5.41, 5.74) is -2.23. The van der Waals surface area contributed by atoms with E-state index in [0.717, 1.165) is 0 Å². The largest absolute Gasteiger partial charge is 2.00 e. The molecule has 2 N–H and O–H groups in total. The van der Waals surface area contributed by atoms with Crippen LogP contribution in [0.4, 0.5) is 35.1 Å². The Labute approximate surface area is 214 Å². The van der Waals surface area contributed by atoms with Crippen LogP contribution < -0.4 is 0 Å². The number of hydrogen-bond acceptors (Lipinski definition) is 2. The molecule has 4 aromatic carbocycles. The number of halogens is 8. The number of alkyl halides is 6. The second kappa shape index (κ2) is 15.1. The molecule has 0 spiro atoms. The maximum absolute atomic E-state index is 12.4. The number of phenols is 2. The van der Waals surface area contributed by atoms with E-state index in [0.29, 0.717) is 24.3 Å². The van der Waals surface area contributed by atoms with Crippen LogP contribution in [-0.2, 0) is 38.6 Å². The van der Waals surface area contributed by atoms with E-state index in [1.54, 1.807) is 0 Å². The zero-order valence-electron chi connectivity index (χ0n) is 17.7. The molecule has 0 aliphatic heterocycles. The summed E-state index contributed by atoms with van der Waals surface area (Å²) in [5.74, 6) is -4.12. The molecule has 0 aromatic heterocycles. The van der Waals surface area contributed by atoms with Gasteiger partial charge in [-0.1, -0.05) is 0 Å². The van der Waals surface area contributed by atoms with E-state index in [4.69, 9.17) is 10.2 Å². The van der Waals surface area contributed by atoms with Gasteiger partial charge in [0, 0.05) is 0 Å². The van der Waals surface area contributed by atoms with Gasteiger partial charge in [-0.3, -0.25) is 0 Å². The van der Waals surface area contributed by atoms with Crippen molar-refractivity contribution in [2.45, 2.75) is 12.4 Å². The summed E-state index contributed by atoms with van der Waals surface area (Å²) in [5, 5.41) is 17.1. The quantitative estimate of drug-likeness (QED) is 0.164. The first kappa shape index (κ1) is 32.1. The Morgan fingerprint density at radius 3 is 1.00 bits per heavy atom. The van der Waals surface area contributed by atoms with Crippen molar-refractivity contribution in [3.63, 3.8) is 0 Å². The Morgan fingerprint density at radius 1 is 0.543 bits per heavy atom.